The Bertz CT molecular complexity index is 720. The molecule has 1 atom stereocenters. The van der Waals surface area contributed by atoms with E-state index in [1.807, 2.05) is 6.92 Å². The molecule has 7 heteroatoms. The first-order valence-electron chi connectivity index (χ1n) is 8.30. The molecule has 0 bridgehead atoms. The molecule has 1 amide bonds. The molecule has 25 heavy (non-hydrogen) atoms. The van der Waals surface area contributed by atoms with Crippen molar-refractivity contribution < 1.29 is 22.7 Å². The largest absolute Gasteiger partial charge is 0.497 e. The van der Waals surface area contributed by atoms with Gasteiger partial charge in [0.15, 0.2) is 9.84 Å². The Balaban J connectivity index is 2.16. The van der Waals surface area contributed by atoms with Gasteiger partial charge in [0.2, 0.25) is 5.91 Å². The number of amides is 1. The molecule has 0 radical (unpaired) electrons. The molecular weight excluding hydrogens is 342 g/mol. The van der Waals surface area contributed by atoms with E-state index in [2.05, 4.69) is 0 Å². The summed E-state index contributed by atoms with van der Waals surface area (Å²) in [6.45, 7) is 2.52. The van der Waals surface area contributed by atoms with Crippen LogP contribution in [0.2, 0.25) is 0 Å². The van der Waals surface area contributed by atoms with Gasteiger partial charge in [-0.15, -0.1) is 0 Å². The van der Waals surface area contributed by atoms with Crippen LogP contribution in [-0.4, -0.2) is 57.5 Å². The molecule has 1 saturated heterocycles. The number of carbonyl (C=O) groups is 1. The van der Waals surface area contributed by atoms with Gasteiger partial charge in [-0.2, -0.15) is 0 Å². The number of hydrogen-bond acceptors (Lipinski definition) is 5. The van der Waals surface area contributed by atoms with Crippen molar-refractivity contribution in [1.29, 1.82) is 0 Å². The van der Waals surface area contributed by atoms with Gasteiger partial charge in [-0.25, -0.2) is 8.42 Å². The monoisotopic (exact) mass is 367 g/mol. The van der Waals surface area contributed by atoms with Crippen molar-refractivity contribution in [3.63, 3.8) is 0 Å². The van der Waals surface area contributed by atoms with Gasteiger partial charge in [0.05, 0.1) is 25.7 Å². The van der Waals surface area contributed by atoms with E-state index < -0.39 is 9.84 Å². The van der Waals surface area contributed by atoms with Gasteiger partial charge in [-0.1, -0.05) is 6.92 Å². The van der Waals surface area contributed by atoms with Gasteiger partial charge in [0.25, 0.3) is 0 Å². The molecule has 1 heterocycles. The van der Waals surface area contributed by atoms with Gasteiger partial charge in [0.1, 0.15) is 11.5 Å². The van der Waals surface area contributed by atoms with Crippen molar-refractivity contribution in [1.82, 2.24) is 4.90 Å². The van der Waals surface area contributed by atoms with E-state index in [0.29, 0.717) is 24.5 Å². The van der Waals surface area contributed by atoms with Crippen molar-refractivity contribution in [3.05, 3.63) is 29.8 Å². The van der Waals surface area contributed by atoms with E-state index in [1.165, 1.54) is 6.08 Å². The fraction of sp³-hybridized carbons (Fsp3) is 0.500. The Morgan fingerprint density at radius 2 is 1.88 bits per heavy atom. The standard InChI is InChI=1S/C18H25NO5S/c1-4-8-19(15-7-9-25(21,22)13-15)18(20)6-5-14-10-16(23-2)12-17(11-14)24-3/h5-6,10-12,15H,4,7-9,13H2,1-3H3/b6-5+. The second-order valence-corrected chi connectivity index (χ2v) is 8.30. The maximum absolute atomic E-state index is 12.6. The van der Waals surface area contributed by atoms with Gasteiger partial charge in [0, 0.05) is 24.7 Å². The van der Waals surface area contributed by atoms with Crippen LogP contribution in [0.25, 0.3) is 6.08 Å². The minimum Gasteiger partial charge on any atom is -0.497 e. The SMILES string of the molecule is CCCN(C(=O)/C=C/c1cc(OC)cc(OC)c1)C1CCS(=O)(=O)C1. The fourth-order valence-corrected chi connectivity index (χ4v) is 4.65. The maximum Gasteiger partial charge on any atom is 0.246 e. The first-order valence-corrected chi connectivity index (χ1v) is 10.1. The molecule has 0 N–H and O–H groups in total. The Morgan fingerprint density at radius 1 is 1.24 bits per heavy atom. The predicted octanol–water partition coefficient (Wildman–Crippen LogP) is 2.14. The number of carbonyl (C=O) groups excluding carboxylic acids is 1. The normalized spacial score (nSPS) is 19.1. The van der Waals surface area contributed by atoms with Crippen molar-refractivity contribution in [2.45, 2.75) is 25.8 Å². The number of nitrogens with zero attached hydrogens (tertiary/aromatic N) is 1. The molecule has 1 fully saturated rings. The highest BCUT2D eigenvalue weighted by Crippen LogP contribution is 2.24. The van der Waals surface area contributed by atoms with E-state index in [1.54, 1.807) is 43.4 Å². The number of ether oxygens (including phenoxy) is 2. The summed E-state index contributed by atoms with van der Waals surface area (Å²) in [4.78, 5) is 14.3. The molecule has 138 valence electrons. The molecular formula is C18H25NO5S. The molecule has 1 unspecified atom stereocenters. The van der Waals surface area contributed by atoms with Crippen LogP contribution in [0.1, 0.15) is 25.3 Å². The summed E-state index contributed by atoms with van der Waals surface area (Å²) >= 11 is 0. The number of methoxy groups -OCH3 is 2. The third-order valence-electron chi connectivity index (χ3n) is 4.19. The summed E-state index contributed by atoms with van der Waals surface area (Å²) in [7, 11) is 0.104. The molecule has 1 aromatic carbocycles. The topological polar surface area (TPSA) is 72.9 Å². The summed E-state index contributed by atoms with van der Waals surface area (Å²) in [5, 5.41) is 0. The van der Waals surface area contributed by atoms with Crippen molar-refractivity contribution in [3.8, 4) is 11.5 Å². The summed E-state index contributed by atoms with van der Waals surface area (Å²) in [5.41, 5.74) is 0.778. The number of benzene rings is 1. The third kappa shape index (κ3) is 5.22. The number of rotatable bonds is 7. The summed E-state index contributed by atoms with van der Waals surface area (Å²) in [5.74, 6) is 1.31. The molecule has 1 aliphatic rings. The highest BCUT2D eigenvalue weighted by molar-refractivity contribution is 7.91. The molecule has 1 aromatic rings. The lowest BCUT2D eigenvalue weighted by Crippen LogP contribution is -2.40. The van der Waals surface area contributed by atoms with Crippen LogP contribution in [0.15, 0.2) is 24.3 Å². The summed E-state index contributed by atoms with van der Waals surface area (Å²) < 4.78 is 33.9. The second kappa shape index (κ2) is 8.38. The van der Waals surface area contributed by atoms with E-state index >= 15 is 0 Å². The van der Waals surface area contributed by atoms with Crippen LogP contribution in [-0.2, 0) is 14.6 Å². The van der Waals surface area contributed by atoms with Crippen LogP contribution in [0.4, 0.5) is 0 Å². The fourth-order valence-electron chi connectivity index (χ4n) is 2.92. The zero-order chi connectivity index (χ0) is 18.4. The van der Waals surface area contributed by atoms with Gasteiger partial charge in [-0.3, -0.25) is 4.79 Å². The number of sulfone groups is 1. The lowest BCUT2D eigenvalue weighted by molar-refractivity contribution is -0.127. The van der Waals surface area contributed by atoms with E-state index in [9.17, 15) is 13.2 Å². The zero-order valence-electron chi connectivity index (χ0n) is 14.9. The van der Waals surface area contributed by atoms with Crippen molar-refractivity contribution in [2.24, 2.45) is 0 Å². The Labute approximate surface area is 149 Å². The van der Waals surface area contributed by atoms with Gasteiger partial charge in [-0.05, 0) is 36.6 Å². The summed E-state index contributed by atoms with van der Waals surface area (Å²) in [6.07, 6.45) is 4.46. The molecule has 0 aromatic heterocycles. The van der Waals surface area contributed by atoms with E-state index in [0.717, 1.165) is 12.0 Å². The minimum absolute atomic E-state index is 0.0551. The average molecular weight is 367 g/mol. The van der Waals surface area contributed by atoms with E-state index in [4.69, 9.17) is 9.47 Å². The number of hydrogen-bond donors (Lipinski definition) is 0. The molecule has 6 nitrogen and oxygen atoms in total. The second-order valence-electron chi connectivity index (χ2n) is 6.07. The molecule has 0 spiro atoms. The first kappa shape index (κ1) is 19.3. The van der Waals surface area contributed by atoms with Crippen LogP contribution < -0.4 is 9.47 Å². The predicted molar refractivity (Wildman–Crippen MR) is 97.6 cm³/mol. The quantitative estimate of drug-likeness (QED) is 0.691. The van der Waals surface area contributed by atoms with Crippen LogP contribution in [0.3, 0.4) is 0 Å². The minimum atomic E-state index is -3.03. The smallest absolute Gasteiger partial charge is 0.246 e. The zero-order valence-corrected chi connectivity index (χ0v) is 15.7. The van der Waals surface area contributed by atoms with Crippen LogP contribution >= 0.6 is 0 Å². The summed E-state index contributed by atoms with van der Waals surface area (Å²) in [6, 6.07) is 5.13. The van der Waals surface area contributed by atoms with E-state index in [-0.39, 0.29) is 23.5 Å². The maximum atomic E-state index is 12.6. The van der Waals surface area contributed by atoms with Crippen molar-refractivity contribution >= 4 is 21.8 Å². The third-order valence-corrected chi connectivity index (χ3v) is 5.94. The Kier molecular flexibility index (Phi) is 6.47. The van der Waals surface area contributed by atoms with Crippen molar-refractivity contribution in [2.75, 3.05) is 32.3 Å². The lowest BCUT2D eigenvalue weighted by Gasteiger charge is -2.26. The van der Waals surface area contributed by atoms with Crippen LogP contribution in [0.5, 0.6) is 11.5 Å². The first-order chi connectivity index (χ1) is 11.9. The molecule has 0 saturated carbocycles. The highest BCUT2D eigenvalue weighted by Gasteiger charge is 2.33. The van der Waals surface area contributed by atoms with Gasteiger partial charge >= 0.3 is 0 Å². The highest BCUT2D eigenvalue weighted by atomic mass is 32.2. The Morgan fingerprint density at radius 3 is 2.36 bits per heavy atom. The average Bonchev–Trinajstić information content (AvgIpc) is 2.96. The van der Waals surface area contributed by atoms with Crippen LogP contribution in [0, 0.1) is 0 Å². The van der Waals surface area contributed by atoms with Gasteiger partial charge < -0.3 is 14.4 Å². The lowest BCUT2D eigenvalue weighted by atomic mass is 10.1. The molecule has 2 rings (SSSR count). The Hall–Kier alpha value is -2.02. The molecule has 1 aliphatic heterocycles. The molecule has 0 aliphatic carbocycles.